The summed E-state index contributed by atoms with van der Waals surface area (Å²) in [5, 5.41) is 0. The second-order valence-electron chi connectivity index (χ2n) is 7.90. The number of fused-ring (bicyclic) bond motifs is 1. The molecule has 1 saturated heterocycles. The summed E-state index contributed by atoms with van der Waals surface area (Å²) in [4.78, 5) is 23.4. The van der Waals surface area contributed by atoms with Gasteiger partial charge in [-0.25, -0.2) is 4.79 Å². The lowest BCUT2D eigenvalue weighted by atomic mass is 10.0. The van der Waals surface area contributed by atoms with Gasteiger partial charge in [-0.05, 0) is 37.0 Å². The third-order valence-corrected chi connectivity index (χ3v) is 5.83. The van der Waals surface area contributed by atoms with Crippen molar-refractivity contribution < 1.29 is 4.84 Å². The van der Waals surface area contributed by atoms with Crippen LogP contribution in [-0.4, -0.2) is 47.2 Å². The largest absolute Gasteiger partial charge is 0.328 e. The van der Waals surface area contributed by atoms with Crippen molar-refractivity contribution in [3.63, 3.8) is 0 Å². The number of H-pyrrole nitrogens is 1. The van der Waals surface area contributed by atoms with E-state index in [1.54, 1.807) is 0 Å². The minimum atomic E-state index is -0.00126. The number of hydrogen-bond acceptors (Lipinski definition) is 5. The van der Waals surface area contributed by atoms with E-state index >= 15 is 0 Å². The zero-order valence-corrected chi connectivity index (χ0v) is 17.8. The number of imidazole rings is 1. The number of piperidine rings is 1. The first kappa shape index (κ1) is 21.4. The van der Waals surface area contributed by atoms with E-state index in [-0.39, 0.29) is 11.7 Å². The highest BCUT2D eigenvalue weighted by molar-refractivity contribution is 5.75. The molecular formula is C24H31N5O2. The number of aromatic nitrogens is 2. The summed E-state index contributed by atoms with van der Waals surface area (Å²) >= 11 is 0. The fourth-order valence-corrected chi connectivity index (χ4v) is 4.25. The molecule has 0 amide bonds. The Morgan fingerprint density at radius 3 is 2.65 bits per heavy atom. The van der Waals surface area contributed by atoms with Gasteiger partial charge < -0.3 is 15.6 Å². The molecule has 4 N–H and O–H groups in total. The summed E-state index contributed by atoms with van der Waals surface area (Å²) in [6.45, 7) is 3.89. The quantitative estimate of drug-likeness (QED) is 0.365. The van der Waals surface area contributed by atoms with Crippen LogP contribution >= 0.6 is 0 Å². The van der Waals surface area contributed by atoms with Crippen LogP contribution in [0.3, 0.4) is 0 Å². The number of hydrogen-bond donors (Lipinski definition) is 3. The molecule has 0 aliphatic carbocycles. The molecule has 7 nitrogen and oxygen atoms in total. The SMILES string of the molecule is NCCONC(=CCCN1CCC(n2c(=O)[nH]c3ccccc32)CC1)c1ccccc1. The lowest BCUT2D eigenvalue weighted by Crippen LogP contribution is -2.37. The van der Waals surface area contributed by atoms with Crippen LogP contribution in [0, 0.1) is 0 Å². The normalized spacial score (nSPS) is 16.1. The lowest BCUT2D eigenvalue weighted by Gasteiger charge is -2.32. The van der Waals surface area contributed by atoms with Gasteiger partial charge in [0.1, 0.15) is 0 Å². The molecule has 7 heteroatoms. The minimum absolute atomic E-state index is 0.00126. The third kappa shape index (κ3) is 5.25. The van der Waals surface area contributed by atoms with Crippen LogP contribution in [-0.2, 0) is 4.84 Å². The zero-order chi connectivity index (χ0) is 21.5. The zero-order valence-electron chi connectivity index (χ0n) is 17.8. The van der Waals surface area contributed by atoms with Gasteiger partial charge in [0.25, 0.3) is 0 Å². The van der Waals surface area contributed by atoms with E-state index in [0.29, 0.717) is 13.2 Å². The van der Waals surface area contributed by atoms with Gasteiger partial charge >= 0.3 is 5.69 Å². The molecule has 1 aromatic heterocycles. The summed E-state index contributed by atoms with van der Waals surface area (Å²) in [5.41, 5.74) is 12.5. The fourth-order valence-electron chi connectivity index (χ4n) is 4.25. The first-order chi connectivity index (χ1) is 15.3. The van der Waals surface area contributed by atoms with Crippen molar-refractivity contribution in [2.75, 3.05) is 32.8 Å². The number of nitrogens with one attached hydrogen (secondary N) is 2. The van der Waals surface area contributed by atoms with Crippen LogP contribution in [0.25, 0.3) is 16.7 Å². The van der Waals surface area contributed by atoms with Gasteiger partial charge in [0.2, 0.25) is 0 Å². The molecule has 31 heavy (non-hydrogen) atoms. The van der Waals surface area contributed by atoms with Crippen LogP contribution in [0.4, 0.5) is 0 Å². The molecular weight excluding hydrogens is 390 g/mol. The second-order valence-corrected chi connectivity index (χ2v) is 7.90. The van der Waals surface area contributed by atoms with Gasteiger partial charge in [-0.3, -0.25) is 14.9 Å². The van der Waals surface area contributed by atoms with E-state index in [2.05, 4.69) is 33.6 Å². The van der Waals surface area contributed by atoms with Gasteiger partial charge in [0, 0.05) is 32.2 Å². The molecule has 164 valence electrons. The Balaban J connectivity index is 1.34. The number of rotatable bonds is 9. The van der Waals surface area contributed by atoms with E-state index in [1.165, 1.54) is 0 Å². The molecule has 1 aliphatic heterocycles. The van der Waals surface area contributed by atoms with Gasteiger partial charge in [-0.2, -0.15) is 0 Å². The first-order valence-corrected chi connectivity index (χ1v) is 11.0. The minimum Gasteiger partial charge on any atom is -0.328 e. The van der Waals surface area contributed by atoms with Crippen LogP contribution in [0.2, 0.25) is 0 Å². The Morgan fingerprint density at radius 1 is 1.13 bits per heavy atom. The number of hydroxylamine groups is 1. The molecule has 0 spiro atoms. The fraction of sp³-hybridized carbons (Fsp3) is 0.375. The van der Waals surface area contributed by atoms with Crippen molar-refractivity contribution in [1.29, 1.82) is 0 Å². The van der Waals surface area contributed by atoms with Crippen molar-refractivity contribution in [3.05, 3.63) is 76.7 Å². The van der Waals surface area contributed by atoms with Crippen molar-refractivity contribution >= 4 is 16.7 Å². The van der Waals surface area contributed by atoms with Crippen molar-refractivity contribution in [1.82, 2.24) is 19.9 Å². The number of aromatic amines is 1. The Bertz CT molecular complexity index is 1050. The highest BCUT2D eigenvalue weighted by Gasteiger charge is 2.23. The van der Waals surface area contributed by atoms with Gasteiger partial charge in [0.15, 0.2) is 0 Å². The van der Waals surface area contributed by atoms with E-state index in [9.17, 15) is 4.79 Å². The second kappa shape index (κ2) is 10.4. The van der Waals surface area contributed by atoms with Crippen molar-refractivity contribution in [2.24, 2.45) is 5.73 Å². The third-order valence-electron chi connectivity index (χ3n) is 5.83. The number of likely N-dealkylation sites (tertiary alicyclic amines) is 1. The molecule has 2 heterocycles. The molecule has 1 aliphatic rings. The summed E-state index contributed by atoms with van der Waals surface area (Å²) < 4.78 is 1.94. The summed E-state index contributed by atoms with van der Waals surface area (Å²) in [5.74, 6) is 0. The molecule has 2 aromatic carbocycles. The lowest BCUT2D eigenvalue weighted by molar-refractivity contribution is 0.0847. The molecule has 3 aromatic rings. The molecule has 4 rings (SSSR count). The van der Waals surface area contributed by atoms with Crippen LogP contribution in [0.1, 0.15) is 30.9 Å². The Labute approximate surface area is 182 Å². The van der Waals surface area contributed by atoms with E-state index in [1.807, 2.05) is 47.0 Å². The van der Waals surface area contributed by atoms with E-state index in [0.717, 1.165) is 61.2 Å². The van der Waals surface area contributed by atoms with E-state index in [4.69, 9.17) is 10.6 Å². The maximum absolute atomic E-state index is 12.5. The molecule has 0 bridgehead atoms. The maximum Gasteiger partial charge on any atom is 0.326 e. The Hall–Kier alpha value is -2.87. The number of nitrogens with zero attached hydrogens (tertiary/aromatic N) is 2. The molecule has 0 saturated carbocycles. The summed E-state index contributed by atoms with van der Waals surface area (Å²) in [7, 11) is 0. The molecule has 1 fully saturated rings. The van der Waals surface area contributed by atoms with Crippen LogP contribution in [0.15, 0.2) is 65.5 Å². The predicted molar refractivity (Wildman–Crippen MR) is 124 cm³/mol. The summed E-state index contributed by atoms with van der Waals surface area (Å²) in [6.07, 6.45) is 5.06. The van der Waals surface area contributed by atoms with Gasteiger partial charge in [-0.15, -0.1) is 0 Å². The van der Waals surface area contributed by atoms with Gasteiger partial charge in [-0.1, -0.05) is 48.5 Å². The first-order valence-electron chi connectivity index (χ1n) is 11.0. The highest BCUT2D eigenvalue weighted by Crippen LogP contribution is 2.25. The summed E-state index contributed by atoms with van der Waals surface area (Å²) in [6, 6.07) is 18.4. The molecule has 0 atom stereocenters. The van der Waals surface area contributed by atoms with Crippen molar-refractivity contribution in [3.8, 4) is 0 Å². The number of para-hydroxylation sites is 2. The smallest absolute Gasteiger partial charge is 0.326 e. The highest BCUT2D eigenvalue weighted by atomic mass is 16.6. The maximum atomic E-state index is 12.5. The number of benzene rings is 2. The number of nitrogens with two attached hydrogens (primary N) is 1. The monoisotopic (exact) mass is 421 g/mol. The van der Waals surface area contributed by atoms with Gasteiger partial charge in [0.05, 0.1) is 23.3 Å². The standard InChI is InChI=1S/C24H31N5O2/c25-14-18-31-27-21(19-7-2-1-3-8-19)10-6-15-28-16-12-20(13-17-28)29-23-11-5-4-9-22(23)26-24(29)30/h1-5,7-11,20,27H,6,12-18,25H2,(H,26,30). The van der Waals surface area contributed by atoms with Crippen LogP contribution in [0.5, 0.6) is 0 Å². The Kier molecular flexibility index (Phi) is 7.19. The van der Waals surface area contributed by atoms with Crippen molar-refractivity contribution in [2.45, 2.75) is 25.3 Å². The average molecular weight is 422 g/mol. The molecule has 0 unspecified atom stereocenters. The Morgan fingerprint density at radius 2 is 1.87 bits per heavy atom. The average Bonchev–Trinajstić information content (AvgIpc) is 3.15. The predicted octanol–water partition coefficient (Wildman–Crippen LogP) is 2.88. The van der Waals surface area contributed by atoms with E-state index < -0.39 is 0 Å². The molecule has 0 radical (unpaired) electrons. The topological polar surface area (TPSA) is 88.3 Å². The van der Waals surface area contributed by atoms with Crippen LogP contribution < -0.4 is 16.9 Å².